The van der Waals surface area contributed by atoms with Crippen molar-refractivity contribution in [3.05, 3.63) is 46.3 Å². The van der Waals surface area contributed by atoms with Gasteiger partial charge in [-0.3, -0.25) is 24.2 Å². The van der Waals surface area contributed by atoms with Crippen LogP contribution in [0.4, 0.5) is 0 Å². The van der Waals surface area contributed by atoms with Gasteiger partial charge in [0.2, 0.25) is 11.8 Å². The second-order valence-corrected chi connectivity index (χ2v) is 10.6. The maximum absolute atomic E-state index is 13.1. The minimum atomic E-state index is -0.127. The maximum Gasteiger partial charge on any atom is 0.265 e. The number of nitrogens with zero attached hydrogens (tertiary/aromatic N) is 3. The van der Waals surface area contributed by atoms with Gasteiger partial charge in [-0.1, -0.05) is 42.0 Å². The molecule has 3 heterocycles. The van der Waals surface area contributed by atoms with Crippen molar-refractivity contribution in [2.75, 3.05) is 39.3 Å². The fourth-order valence-corrected chi connectivity index (χ4v) is 7.38. The SMILES string of the molecule is O=C(c1sc2ccccc2c1Cl)N1CCN(CCN2C(=O)C3C4C=CC(C4)C3C2=O)CC1. The lowest BCUT2D eigenvalue weighted by molar-refractivity contribution is -0.141. The van der Waals surface area contributed by atoms with E-state index in [0.717, 1.165) is 29.6 Å². The van der Waals surface area contributed by atoms with Gasteiger partial charge in [-0.2, -0.15) is 0 Å². The van der Waals surface area contributed by atoms with E-state index < -0.39 is 0 Å². The first-order chi connectivity index (χ1) is 15.5. The number of piperazine rings is 1. The predicted octanol–water partition coefficient (Wildman–Crippen LogP) is 3.12. The zero-order valence-corrected chi connectivity index (χ0v) is 19.1. The van der Waals surface area contributed by atoms with Gasteiger partial charge in [-0.05, 0) is 24.3 Å². The van der Waals surface area contributed by atoms with Gasteiger partial charge in [0, 0.05) is 49.4 Å². The number of allylic oxidation sites excluding steroid dienone is 2. The molecular formula is C24H24ClN3O3S. The number of halogens is 1. The third-order valence-electron chi connectivity index (χ3n) is 7.59. The summed E-state index contributed by atoms with van der Waals surface area (Å²) in [7, 11) is 0. The molecule has 3 amide bonds. The Labute approximate surface area is 195 Å². The molecule has 1 aromatic heterocycles. The van der Waals surface area contributed by atoms with Crippen LogP contribution in [-0.4, -0.2) is 71.7 Å². The van der Waals surface area contributed by atoms with Crippen molar-refractivity contribution in [2.24, 2.45) is 23.7 Å². The van der Waals surface area contributed by atoms with E-state index in [9.17, 15) is 14.4 Å². The van der Waals surface area contributed by atoms with Crippen LogP contribution in [0.1, 0.15) is 16.1 Å². The maximum atomic E-state index is 13.1. The smallest absolute Gasteiger partial charge is 0.265 e. The summed E-state index contributed by atoms with van der Waals surface area (Å²) >= 11 is 7.94. The van der Waals surface area contributed by atoms with Crippen molar-refractivity contribution < 1.29 is 14.4 Å². The number of amides is 3. The normalized spacial score (nSPS) is 29.5. The molecule has 2 aliphatic heterocycles. The highest BCUT2D eigenvalue weighted by Gasteiger charge is 2.59. The summed E-state index contributed by atoms with van der Waals surface area (Å²) in [5, 5.41) is 1.47. The van der Waals surface area contributed by atoms with Crippen molar-refractivity contribution in [3.8, 4) is 0 Å². The summed E-state index contributed by atoms with van der Waals surface area (Å²) in [4.78, 5) is 44.9. The van der Waals surface area contributed by atoms with Gasteiger partial charge in [0.1, 0.15) is 4.88 Å². The summed E-state index contributed by atoms with van der Waals surface area (Å²) < 4.78 is 1.02. The van der Waals surface area contributed by atoms with E-state index >= 15 is 0 Å². The van der Waals surface area contributed by atoms with E-state index in [0.29, 0.717) is 36.1 Å². The Morgan fingerprint density at radius 2 is 1.62 bits per heavy atom. The fourth-order valence-electron chi connectivity index (χ4n) is 5.90. The molecule has 166 valence electrons. The predicted molar refractivity (Wildman–Crippen MR) is 124 cm³/mol. The fraction of sp³-hybridized carbons (Fsp3) is 0.458. The highest BCUT2D eigenvalue weighted by Crippen LogP contribution is 2.52. The largest absolute Gasteiger partial charge is 0.335 e. The summed E-state index contributed by atoms with van der Waals surface area (Å²) in [6.07, 6.45) is 5.21. The molecule has 4 atom stereocenters. The second-order valence-electron chi connectivity index (χ2n) is 9.20. The van der Waals surface area contributed by atoms with Crippen molar-refractivity contribution in [3.63, 3.8) is 0 Å². The van der Waals surface area contributed by atoms with Crippen molar-refractivity contribution >= 4 is 50.7 Å². The molecule has 6 rings (SSSR count). The molecule has 2 bridgehead atoms. The van der Waals surface area contributed by atoms with E-state index in [2.05, 4.69) is 17.1 Å². The number of rotatable bonds is 4. The van der Waals surface area contributed by atoms with Crippen LogP contribution in [-0.2, 0) is 9.59 Å². The molecule has 3 fully saturated rings. The third-order valence-corrected chi connectivity index (χ3v) is 9.25. The van der Waals surface area contributed by atoms with Crippen LogP contribution in [0, 0.1) is 23.7 Å². The summed E-state index contributed by atoms with van der Waals surface area (Å²) in [5.74, 6) is 0.270. The van der Waals surface area contributed by atoms with Crippen molar-refractivity contribution in [1.82, 2.24) is 14.7 Å². The highest BCUT2D eigenvalue weighted by molar-refractivity contribution is 7.21. The van der Waals surface area contributed by atoms with Crippen molar-refractivity contribution in [2.45, 2.75) is 6.42 Å². The molecule has 1 aromatic carbocycles. The molecular weight excluding hydrogens is 446 g/mol. The molecule has 0 N–H and O–H groups in total. The summed E-state index contributed by atoms with van der Waals surface area (Å²) in [6, 6.07) is 7.81. The number of carbonyl (C=O) groups is 3. The third kappa shape index (κ3) is 3.05. The Kier molecular flexibility index (Phi) is 4.89. The van der Waals surface area contributed by atoms with Crippen LogP contribution in [0.25, 0.3) is 10.1 Å². The molecule has 32 heavy (non-hydrogen) atoms. The van der Waals surface area contributed by atoms with Crippen LogP contribution >= 0.6 is 22.9 Å². The van der Waals surface area contributed by atoms with E-state index in [4.69, 9.17) is 11.6 Å². The molecule has 2 aliphatic carbocycles. The van der Waals surface area contributed by atoms with Crippen molar-refractivity contribution in [1.29, 1.82) is 0 Å². The quantitative estimate of drug-likeness (QED) is 0.510. The Balaban J connectivity index is 1.05. The van der Waals surface area contributed by atoms with Gasteiger partial charge in [-0.15, -0.1) is 11.3 Å². The summed E-state index contributed by atoms with van der Waals surface area (Å²) in [6.45, 7) is 3.79. The lowest BCUT2D eigenvalue weighted by atomic mass is 9.85. The molecule has 6 nitrogen and oxygen atoms in total. The number of benzene rings is 1. The molecule has 2 saturated heterocycles. The second kappa shape index (κ2) is 7.68. The average Bonchev–Trinajstić information content (AvgIpc) is 3.56. The van der Waals surface area contributed by atoms with Crippen LogP contribution in [0.5, 0.6) is 0 Å². The highest BCUT2D eigenvalue weighted by atomic mass is 35.5. The molecule has 0 spiro atoms. The lowest BCUT2D eigenvalue weighted by Gasteiger charge is -2.35. The molecule has 4 unspecified atom stereocenters. The Morgan fingerprint density at radius 1 is 0.969 bits per heavy atom. The number of hydrogen-bond donors (Lipinski definition) is 0. The Morgan fingerprint density at radius 3 is 2.28 bits per heavy atom. The van der Waals surface area contributed by atoms with Crippen LogP contribution in [0.15, 0.2) is 36.4 Å². The number of carbonyl (C=O) groups excluding carboxylic acids is 3. The van der Waals surface area contributed by atoms with Gasteiger partial charge in [0.25, 0.3) is 5.91 Å². The van der Waals surface area contributed by atoms with Crippen LogP contribution in [0.2, 0.25) is 5.02 Å². The van der Waals surface area contributed by atoms with Gasteiger partial charge < -0.3 is 4.90 Å². The number of fused-ring (bicyclic) bond motifs is 6. The zero-order valence-electron chi connectivity index (χ0n) is 17.6. The molecule has 0 radical (unpaired) electrons. The Bertz CT molecular complexity index is 1120. The monoisotopic (exact) mass is 469 g/mol. The molecule has 1 saturated carbocycles. The van der Waals surface area contributed by atoms with Gasteiger partial charge >= 0.3 is 0 Å². The first kappa shape index (κ1) is 20.4. The van der Waals surface area contributed by atoms with E-state index in [1.54, 1.807) is 0 Å². The van der Waals surface area contributed by atoms with Gasteiger partial charge in [0.05, 0.1) is 16.9 Å². The van der Waals surface area contributed by atoms with Crippen LogP contribution < -0.4 is 0 Å². The molecule has 8 heteroatoms. The zero-order chi connectivity index (χ0) is 22.0. The first-order valence-corrected chi connectivity index (χ1v) is 12.4. The number of hydrogen-bond acceptors (Lipinski definition) is 5. The lowest BCUT2D eigenvalue weighted by Crippen LogP contribution is -2.50. The first-order valence-electron chi connectivity index (χ1n) is 11.2. The number of likely N-dealkylation sites (tertiary alicyclic amines) is 1. The van der Waals surface area contributed by atoms with E-state index in [-0.39, 0.29) is 41.4 Å². The number of thiophene rings is 1. The minimum Gasteiger partial charge on any atom is -0.335 e. The molecule has 2 aromatic rings. The average molecular weight is 470 g/mol. The Hall–Kier alpha value is -2.22. The van der Waals surface area contributed by atoms with Gasteiger partial charge in [-0.25, -0.2) is 0 Å². The minimum absolute atomic E-state index is 0.0171. The van der Waals surface area contributed by atoms with E-state index in [1.807, 2.05) is 29.2 Å². The standard InChI is InChI=1S/C24H24ClN3O3S/c25-20-16-3-1-2-4-17(16)32-21(20)24(31)27-10-7-26(8-11-27)9-12-28-22(29)18-14-5-6-15(13-14)19(18)23(28)30/h1-6,14-15,18-19H,7-13H2. The number of imide groups is 1. The summed E-state index contributed by atoms with van der Waals surface area (Å²) in [5.41, 5.74) is 0. The molecule has 4 aliphatic rings. The van der Waals surface area contributed by atoms with Gasteiger partial charge in [0.15, 0.2) is 0 Å². The van der Waals surface area contributed by atoms with Crippen LogP contribution in [0.3, 0.4) is 0 Å². The van der Waals surface area contributed by atoms with E-state index in [1.165, 1.54) is 16.2 Å². The topological polar surface area (TPSA) is 60.9 Å².